The van der Waals surface area contributed by atoms with Crippen molar-refractivity contribution in [3.05, 3.63) is 35.1 Å². The van der Waals surface area contributed by atoms with Gasteiger partial charge < -0.3 is 20.6 Å². The Morgan fingerprint density at radius 1 is 1.31 bits per heavy atom. The molecule has 1 aromatic carbocycles. The molecule has 2 aliphatic rings. The van der Waals surface area contributed by atoms with Gasteiger partial charge in [-0.25, -0.2) is 9.18 Å². The number of nitrogens with zero attached hydrogens (tertiary/aromatic N) is 1. The third-order valence-corrected chi connectivity index (χ3v) is 5.37. The summed E-state index contributed by atoms with van der Waals surface area (Å²) >= 11 is 0. The normalized spacial score (nSPS) is 21.0. The van der Waals surface area contributed by atoms with Gasteiger partial charge in [-0.15, -0.1) is 0 Å². The van der Waals surface area contributed by atoms with Crippen LogP contribution in [0.3, 0.4) is 0 Å². The summed E-state index contributed by atoms with van der Waals surface area (Å²) in [7, 11) is 0. The number of carboxylic acid groups (broad SMARTS) is 1. The van der Waals surface area contributed by atoms with Crippen LogP contribution in [0.25, 0.3) is 0 Å². The highest BCUT2D eigenvalue weighted by Gasteiger charge is 2.33. The molecule has 2 fully saturated rings. The highest BCUT2D eigenvalue weighted by molar-refractivity contribution is 5.77. The molecule has 26 heavy (non-hydrogen) atoms. The SMILES string of the molecule is O=C(O)CCc1ccc(C2CNC(=O)N2CCC2CCNCC2)c(F)c1. The van der Waals surface area contributed by atoms with Crippen LogP contribution in [0.5, 0.6) is 0 Å². The predicted molar refractivity (Wildman–Crippen MR) is 95.4 cm³/mol. The maximum Gasteiger partial charge on any atom is 0.318 e. The average Bonchev–Trinajstić information content (AvgIpc) is 2.99. The molecule has 6 nitrogen and oxygen atoms in total. The van der Waals surface area contributed by atoms with Gasteiger partial charge in [-0.05, 0) is 56.3 Å². The Labute approximate surface area is 152 Å². The number of hydrogen-bond acceptors (Lipinski definition) is 3. The number of halogens is 1. The van der Waals surface area contributed by atoms with E-state index in [1.165, 1.54) is 6.07 Å². The van der Waals surface area contributed by atoms with Crippen molar-refractivity contribution in [1.29, 1.82) is 0 Å². The molecule has 2 heterocycles. The zero-order valence-corrected chi connectivity index (χ0v) is 14.8. The maximum atomic E-state index is 14.6. The minimum Gasteiger partial charge on any atom is -0.481 e. The Balaban J connectivity index is 1.66. The Bertz CT molecular complexity index is 661. The average molecular weight is 363 g/mol. The van der Waals surface area contributed by atoms with E-state index >= 15 is 0 Å². The van der Waals surface area contributed by atoms with Crippen LogP contribution in [-0.2, 0) is 11.2 Å². The Kier molecular flexibility index (Phi) is 6.08. The third-order valence-electron chi connectivity index (χ3n) is 5.37. The molecule has 0 radical (unpaired) electrons. The van der Waals surface area contributed by atoms with Gasteiger partial charge in [0.2, 0.25) is 0 Å². The van der Waals surface area contributed by atoms with Crippen molar-refractivity contribution in [2.45, 2.75) is 38.1 Å². The molecule has 0 saturated carbocycles. The van der Waals surface area contributed by atoms with Crippen LogP contribution in [0.1, 0.15) is 42.9 Å². The van der Waals surface area contributed by atoms with Crippen LogP contribution in [0.15, 0.2) is 18.2 Å². The summed E-state index contributed by atoms with van der Waals surface area (Å²) in [6, 6.07) is 4.40. The number of benzene rings is 1. The summed E-state index contributed by atoms with van der Waals surface area (Å²) in [4.78, 5) is 24.6. The van der Waals surface area contributed by atoms with E-state index in [1.807, 2.05) is 0 Å². The van der Waals surface area contributed by atoms with E-state index in [0.717, 1.165) is 32.4 Å². The second-order valence-electron chi connectivity index (χ2n) is 7.13. The van der Waals surface area contributed by atoms with E-state index in [4.69, 9.17) is 5.11 Å². The molecule has 0 aromatic heterocycles. The van der Waals surface area contributed by atoms with Gasteiger partial charge in [-0.2, -0.15) is 0 Å². The van der Waals surface area contributed by atoms with E-state index in [0.29, 0.717) is 36.6 Å². The number of piperidine rings is 1. The molecular formula is C19H26FN3O3. The van der Waals surface area contributed by atoms with Crippen molar-refractivity contribution in [3.8, 4) is 0 Å². The molecule has 2 amide bonds. The first-order chi connectivity index (χ1) is 12.5. The second kappa shape index (κ2) is 8.49. The number of nitrogens with one attached hydrogen (secondary N) is 2. The van der Waals surface area contributed by atoms with Crippen molar-refractivity contribution in [1.82, 2.24) is 15.5 Å². The van der Waals surface area contributed by atoms with E-state index in [2.05, 4.69) is 10.6 Å². The minimum atomic E-state index is -0.899. The molecule has 2 saturated heterocycles. The fourth-order valence-corrected chi connectivity index (χ4v) is 3.81. The first-order valence-corrected chi connectivity index (χ1v) is 9.30. The number of hydrogen-bond donors (Lipinski definition) is 3. The molecule has 1 atom stereocenters. The zero-order chi connectivity index (χ0) is 18.5. The van der Waals surface area contributed by atoms with Crippen molar-refractivity contribution >= 4 is 12.0 Å². The third kappa shape index (κ3) is 4.52. The van der Waals surface area contributed by atoms with Crippen LogP contribution in [0.4, 0.5) is 9.18 Å². The highest BCUT2D eigenvalue weighted by Crippen LogP contribution is 2.29. The summed E-state index contributed by atoms with van der Waals surface area (Å²) in [5.41, 5.74) is 1.15. The smallest absolute Gasteiger partial charge is 0.318 e. The standard InChI is InChI=1S/C19H26FN3O3/c20-16-11-14(2-4-18(24)25)1-3-15(16)17-12-22-19(26)23(17)10-7-13-5-8-21-9-6-13/h1,3,11,13,17,21H,2,4-10,12H2,(H,22,26)(H,24,25). The van der Waals surface area contributed by atoms with Gasteiger partial charge in [0.25, 0.3) is 0 Å². The summed E-state index contributed by atoms with van der Waals surface area (Å²) in [6.45, 7) is 3.07. The van der Waals surface area contributed by atoms with Crippen molar-refractivity contribution in [2.24, 2.45) is 5.92 Å². The van der Waals surface area contributed by atoms with E-state index in [1.54, 1.807) is 17.0 Å². The van der Waals surface area contributed by atoms with Gasteiger partial charge in [-0.3, -0.25) is 4.79 Å². The fourth-order valence-electron chi connectivity index (χ4n) is 3.81. The fraction of sp³-hybridized carbons (Fsp3) is 0.579. The summed E-state index contributed by atoms with van der Waals surface area (Å²) in [6.07, 6.45) is 3.45. The molecule has 1 unspecified atom stereocenters. The lowest BCUT2D eigenvalue weighted by Gasteiger charge is -2.28. The van der Waals surface area contributed by atoms with E-state index in [-0.39, 0.29) is 24.3 Å². The zero-order valence-electron chi connectivity index (χ0n) is 14.8. The van der Waals surface area contributed by atoms with Crippen molar-refractivity contribution in [2.75, 3.05) is 26.2 Å². The lowest BCUT2D eigenvalue weighted by atomic mass is 9.94. The first-order valence-electron chi connectivity index (χ1n) is 9.30. The van der Waals surface area contributed by atoms with Crippen molar-refractivity contribution in [3.63, 3.8) is 0 Å². The quantitative estimate of drug-likeness (QED) is 0.694. The molecule has 3 rings (SSSR count). The van der Waals surface area contributed by atoms with Crippen LogP contribution < -0.4 is 10.6 Å². The van der Waals surface area contributed by atoms with Gasteiger partial charge >= 0.3 is 12.0 Å². The molecule has 1 aromatic rings. The number of urea groups is 1. The van der Waals surface area contributed by atoms with Crippen LogP contribution in [0, 0.1) is 11.7 Å². The number of carbonyl (C=O) groups excluding carboxylic acids is 1. The summed E-state index contributed by atoms with van der Waals surface area (Å²) in [5.74, 6) is -0.668. The summed E-state index contributed by atoms with van der Waals surface area (Å²) in [5, 5.41) is 14.9. The van der Waals surface area contributed by atoms with Gasteiger partial charge in [0.05, 0.1) is 6.04 Å². The highest BCUT2D eigenvalue weighted by atomic mass is 19.1. The van der Waals surface area contributed by atoms with Gasteiger partial charge in [-0.1, -0.05) is 12.1 Å². The molecule has 0 spiro atoms. The minimum absolute atomic E-state index is 0.0232. The maximum absolute atomic E-state index is 14.6. The molecule has 7 heteroatoms. The monoisotopic (exact) mass is 363 g/mol. The number of rotatable bonds is 7. The molecule has 2 aliphatic heterocycles. The van der Waals surface area contributed by atoms with Gasteiger partial charge in [0, 0.05) is 25.1 Å². The van der Waals surface area contributed by atoms with Crippen molar-refractivity contribution < 1.29 is 19.1 Å². The lowest BCUT2D eigenvalue weighted by molar-refractivity contribution is -0.136. The van der Waals surface area contributed by atoms with Crippen LogP contribution >= 0.6 is 0 Å². The lowest BCUT2D eigenvalue weighted by Crippen LogP contribution is -2.34. The van der Waals surface area contributed by atoms with Gasteiger partial charge in [0.15, 0.2) is 0 Å². The largest absolute Gasteiger partial charge is 0.481 e. The Morgan fingerprint density at radius 3 is 2.77 bits per heavy atom. The number of carboxylic acids is 1. The number of carbonyl (C=O) groups is 2. The van der Waals surface area contributed by atoms with E-state index < -0.39 is 5.97 Å². The van der Waals surface area contributed by atoms with Crippen LogP contribution in [0.2, 0.25) is 0 Å². The molecule has 142 valence electrons. The predicted octanol–water partition coefficient (Wildman–Crippen LogP) is 2.30. The topological polar surface area (TPSA) is 81.7 Å². The Morgan fingerprint density at radius 2 is 2.08 bits per heavy atom. The summed E-state index contributed by atoms with van der Waals surface area (Å²) < 4.78 is 14.6. The number of aryl methyl sites for hydroxylation is 1. The second-order valence-corrected chi connectivity index (χ2v) is 7.13. The molecular weight excluding hydrogens is 337 g/mol. The number of aliphatic carboxylic acids is 1. The van der Waals surface area contributed by atoms with Crippen LogP contribution in [-0.4, -0.2) is 48.2 Å². The molecule has 0 aliphatic carbocycles. The number of amides is 2. The van der Waals surface area contributed by atoms with Gasteiger partial charge in [0.1, 0.15) is 5.82 Å². The van der Waals surface area contributed by atoms with E-state index in [9.17, 15) is 14.0 Å². The molecule has 0 bridgehead atoms. The first kappa shape index (κ1) is 18.6. The molecule has 3 N–H and O–H groups in total. The Hall–Kier alpha value is -2.15.